The number of carbonyl (C=O) groups excluding carboxylic acids is 1. The molecule has 9 heteroatoms. The van der Waals surface area contributed by atoms with E-state index in [2.05, 4.69) is 22.5 Å². The summed E-state index contributed by atoms with van der Waals surface area (Å²) in [6, 6.07) is 5.84. The zero-order chi connectivity index (χ0) is 18.6. The van der Waals surface area contributed by atoms with Gasteiger partial charge in [0.15, 0.2) is 0 Å². The van der Waals surface area contributed by atoms with E-state index in [1.807, 2.05) is 6.92 Å². The molecule has 5 nitrogen and oxygen atoms in total. The Kier molecular flexibility index (Phi) is 9.63. The van der Waals surface area contributed by atoms with Gasteiger partial charge in [-0.05, 0) is 62.5 Å². The predicted octanol–water partition coefficient (Wildman–Crippen LogP) is 4.13. The number of hydrogen-bond donors (Lipinski definition) is 2. The Labute approximate surface area is 181 Å². The number of thiazole rings is 1. The zero-order valence-electron chi connectivity index (χ0n) is 15.9. The lowest BCUT2D eigenvalue weighted by molar-refractivity contribution is 0.0925. The summed E-state index contributed by atoms with van der Waals surface area (Å²) in [5.41, 5.74) is 0.856. The first-order valence-electron chi connectivity index (χ1n) is 8.79. The molecule has 0 saturated carbocycles. The van der Waals surface area contributed by atoms with Crippen LogP contribution in [-0.4, -0.2) is 30.5 Å². The fourth-order valence-electron chi connectivity index (χ4n) is 2.98. The van der Waals surface area contributed by atoms with Crippen LogP contribution in [0.2, 0.25) is 0 Å². The van der Waals surface area contributed by atoms with Gasteiger partial charge in [-0.15, -0.1) is 36.2 Å². The second kappa shape index (κ2) is 11.0. The van der Waals surface area contributed by atoms with Crippen LogP contribution in [0.15, 0.2) is 24.3 Å². The Balaban J connectivity index is 0.00000196. The van der Waals surface area contributed by atoms with Gasteiger partial charge in [0.05, 0.1) is 5.69 Å². The minimum atomic E-state index is -0.302. The fraction of sp³-hybridized carbons (Fsp3) is 0.474. The summed E-state index contributed by atoms with van der Waals surface area (Å²) in [7, 11) is 0. The third-order valence-corrected chi connectivity index (χ3v) is 5.84. The van der Waals surface area contributed by atoms with Gasteiger partial charge in [0.2, 0.25) is 0 Å². The van der Waals surface area contributed by atoms with Crippen molar-refractivity contribution < 1.29 is 13.9 Å². The number of hydrogen-bond acceptors (Lipinski definition) is 5. The molecule has 1 aromatic carbocycles. The van der Waals surface area contributed by atoms with Crippen LogP contribution < -0.4 is 15.4 Å². The molecule has 0 radical (unpaired) electrons. The number of nitrogens with zero attached hydrogens (tertiary/aromatic N) is 1. The molecule has 0 spiro atoms. The first kappa shape index (κ1) is 24.6. The van der Waals surface area contributed by atoms with Crippen molar-refractivity contribution in [3.8, 4) is 5.75 Å². The number of aryl methyl sites for hydroxylation is 1. The summed E-state index contributed by atoms with van der Waals surface area (Å²) >= 11 is 1.34. The normalized spacial score (nSPS) is 15.1. The molecule has 1 aliphatic rings. The molecular weight excluding hydrogens is 424 g/mol. The third kappa shape index (κ3) is 6.58. The molecule has 1 saturated heterocycles. The van der Waals surface area contributed by atoms with Gasteiger partial charge in [0.1, 0.15) is 28.1 Å². The number of amides is 1. The molecule has 1 aromatic heterocycles. The summed E-state index contributed by atoms with van der Waals surface area (Å²) in [6.07, 6.45) is 2.12. The first-order valence-corrected chi connectivity index (χ1v) is 9.60. The molecule has 3 rings (SSSR count). The van der Waals surface area contributed by atoms with Crippen molar-refractivity contribution in [2.75, 3.05) is 19.6 Å². The van der Waals surface area contributed by atoms with E-state index in [4.69, 9.17) is 4.74 Å². The Morgan fingerprint density at radius 3 is 2.57 bits per heavy atom. The lowest BCUT2D eigenvalue weighted by Gasteiger charge is -2.34. The lowest BCUT2D eigenvalue weighted by Crippen LogP contribution is -2.42. The molecule has 2 heterocycles. The van der Waals surface area contributed by atoms with Gasteiger partial charge in [-0.3, -0.25) is 4.79 Å². The maximum Gasteiger partial charge on any atom is 0.263 e. The maximum atomic E-state index is 12.9. The summed E-state index contributed by atoms with van der Waals surface area (Å²) < 4.78 is 18.5. The Hall–Kier alpha value is -1.41. The van der Waals surface area contributed by atoms with Crippen LogP contribution >= 0.6 is 36.2 Å². The number of ether oxygens (including phenoxy) is 1. The van der Waals surface area contributed by atoms with Gasteiger partial charge in [-0.2, -0.15) is 0 Å². The minimum absolute atomic E-state index is 0. The monoisotopic (exact) mass is 449 g/mol. The minimum Gasteiger partial charge on any atom is -0.486 e. The highest BCUT2D eigenvalue weighted by Crippen LogP contribution is 2.27. The highest BCUT2D eigenvalue weighted by atomic mass is 35.5. The second-order valence-corrected chi connectivity index (χ2v) is 8.09. The van der Waals surface area contributed by atoms with Crippen LogP contribution in [0.5, 0.6) is 5.75 Å². The average Bonchev–Trinajstić information content (AvgIpc) is 3.01. The van der Waals surface area contributed by atoms with Crippen molar-refractivity contribution >= 4 is 42.1 Å². The van der Waals surface area contributed by atoms with E-state index in [1.54, 1.807) is 12.1 Å². The van der Waals surface area contributed by atoms with E-state index >= 15 is 0 Å². The van der Waals surface area contributed by atoms with Crippen LogP contribution in [0.25, 0.3) is 0 Å². The van der Waals surface area contributed by atoms with Crippen molar-refractivity contribution in [1.82, 2.24) is 15.6 Å². The molecule has 2 aromatic rings. The van der Waals surface area contributed by atoms with E-state index in [0.29, 0.717) is 22.9 Å². The van der Waals surface area contributed by atoms with E-state index in [9.17, 15) is 9.18 Å². The predicted molar refractivity (Wildman–Crippen MR) is 115 cm³/mol. The van der Waals surface area contributed by atoms with E-state index in [1.165, 1.54) is 23.5 Å². The zero-order valence-corrected chi connectivity index (χ0v) is 18.4. The maximum absolute atomic E-state index is 12.9. The standard InChI is InChI=1S/C19H24FN3O2S.2ClH/c1-13-17(18(24)22-12-19(2)7-9-21-10-8-19)26-16(23-13)11-25-15-5-3-14(20)4-6-15;;/h3-6,21H,7-12H2,1-2H3,(H,22,24);2*1H. The van der Waals surface area contributed by atoms with Crippen molar-refractivity contribution in [3.05, 3.63) is 45.7 Å². The molecule has 1 amide bonds. The summed E-state index contributed by atoms with van der Waals surface area (Å²) in [6.45, 7) is 6.97. The largest absolute Gasteiger partial charge is 0.486 e. The smallest absolute Gasteiger partial charge is 0.263 e. The Morgan fingerprint density at radius 2 is 1.93 bits per heavy atom. The van der Waals surface area contributed by atoms with Gasteiger partial charge in [0, 0.05) is 6.54 Å². The van der Waals surface area contributed by atoms with Gasteiger partial charge in [-0.25, -0.2) is 9.37 Å². The van der Waals surface area contributed by atoms with Crippen molar-refractivity contribution in [2.45, 2.75) is 33.3 Å². The highest BCUT2D eigenvalue weighted by molar-refractivity contribution is 7.13. The van der Waals surface area contributed by atoms with Crippen LogP contribution in [-0.2, 0) is 6.61 Å². The molecule has 1 fully saturated rings. The van der Waals surface area contributed by atoms with Gasteiger partial charge in [0.25, 0.3) is 5.91 Å². The number of halogens is 3. The van der Waals surface area contributed by atoms with Crippen LogP contribution in [0.1, 0.15) is 40.1 Å². The van der Waals surface area contributed by atoms with Crippen LogP contribution in [0, 0.1) is 18.2 Å². The van der Waals surface area contributed by atoms with E-state index < -0.39 is 0 Å². The highest BCUT2D eigenvalue weighted by Gasteiger charge is 2.27. The fourth-order valence-corrected chi connectivity index (χ4v) is 3.88. The van der Waals surface area contributed by atoms with Crippen LogP contribution in [0.4, 0.5) is 4.39 Å². The summed E-state index contributed by atoms with van der Waals surface area (Å²) in [4.78, 5) is 17.6. The molecule has 156 valence electrons. The number of aromatic nitrogens is 1. The van der Waals surface area contributed by atoms with Crippen LogP contribution in [0.3, 0.4) is 0 Å². The SMILES string of the molecule is Cc1nc(COc2ccc(F)cc2)sc1C(=O)NCC1(C)CCNCC1.Cl.Cl. The molecular formula is C19H26Cl2FN3O2S. The van der Waals surface area contributed by atoms with E-state index in [-0.39, 0.29) is 48.6 Å². The van der Waals surface area contributed by atoms with Crippen molar-refractivity contribution in [3.63, 3.8) is 0 Å². The molecule has 2 N–H and O–H groups in total. The second-order valence-electron chi connectivity index (χ2n) is 7.01. The van der Waals surface area contributed by atoms with Crippen molar-refractivity contribution in [1.29, 1.82) is 0 Å². The molecule has 0 unspecified atom stereocenters. The average molecular weight is 450 g/mol. The van der Waals surface area contributed by atoms with Gasteiger partial charge >= 0.3 is 0 Å². The third-order valence-electron chi connectivity index (χ3n) is 4.71. The van der Waals surface area contributed by atoms with Gasteiger partial charge in [-0.1, -0.05) is 6.92 Å². The Bertz CT molecular complexity index is 765. The summed E-state index contributed by atoms with van der Waals surface area (Å²) in [5, 5.41) is 7.14. The molecule has 0 aliphatic carbocycles. The molecule has 0 atom stereocenters. The molecule has 28 heavy (non-hydrogen) atoms. The molecule has 1 aliphatic heterocycles. The first-order chi connectivity index (χ1) is 12.5. The summed E-state index contributed by atoms with van der Waals surface area (Å²) in [5.74, 6) is 0.195. The number of carbonyl (C=O) groups is 1. The van der Waals surface area contributed by atoms with Crippen molar-refractivity contribution in [2.24, 2.45) is 5.41 Å². The topological polar surface area (TPSA) is 63.2 Å². The quantitative estimate of drug-likeness (QED) is 0.695. The number of piperidine rings is 1. The molecule has 0 bridgehead atoms. The Morgan fingerprint density at radius 1 is 1.29 bits per heavy atom. The number of rotatable bonds is 6. The number of benzene rings is 1. The van der Waals surface area contributed by atoms with Gasteiger partial charge < -0.3 is 15.4 Å². The lowest BCUT2D eigenvalue weighted by atomic mass is 9.81. The van der Waals surface area contributed by atoms with E-state index in [0.717, 1.165) is 30.9 Å². The number of nitrogens with one attached hydrogen (secondary N) is 2.